The lowest BCUT2D eigenvalue weighted by atomic mass is 10.1. The average molecular weight is 286 g/mol. The van der Waals surface area contributed by atoms with Crippen LogP contribution in [-0.2, 0) is 0 Å². The minimum Gasteiger partial charge on any atom is -0.454 e. The molecule has 1 aromatic carbocycles. The van der Waals surface area contributed by atoms with Crippen LogP contribution in [0.5, 0.6) is 11.5 Å². The molecule has 0 saturated heterocycles. The van der Waals surface area contributed by atoms with Gasteiger partial charge in [0.05, 0.1) is 5.71 Å². The molecule has 21 heavy (non-hydrogen) atoms. The second-order valence-electron chi connectivity index (χ2n) is 4.61. The van der Waals surface area contributed by atoms with E-state index >= 15 is 0 Å². The van der Waals surface area contributed by atoms with Crippen molar-refractivity contribution in [3.05, 3.63) is 45.9 Å². The van der Waals surface area contributed by atoms with Gasteiger partial charge in [-0.2, -0.15) is 5.10 Å². The van der Waals surface area contributed by atoms with Gasteiger partial charge in [0, 0.05) is 17.3 Å². The first kappa shape index (κ1) is 13.2. The summed E-state index contributed by atoms with van der Waals surface area (Å²) in [6.45, 7) is 3.83. The maximum absolute atomic E-state index is 11.3. The molecule has 108 valence electrons. The van der Waals surface area contributed by atoms with Gasteiger partial charge >= 0.3 is 0 Å². The van der Waals surface area contributed by atoms with E-state index in [1.165, 1.54) is 6.07 Å². The smallest absolute Gasteiger partial charge is 0.252 e. The second-order valence-corrected chi connectivity index (χ2v) is 4.61. The summed E-state index contributed by atoms with van der Waals surface area (Å²) in [5.74, 6) is 1.73. The quantitative estimate of drug-likeness (QED) is 0.661. The molecule has 0 saturated carbocycles. The Morgan fingerprint density at radius 1 is 1.33 bits per heavy atom. The number of hydrogen-bond acceptors (Lipinski definition) is 6. The summed E-state index contributed by atoms with van der Waals surface area (Å²) >= 11 is 0. The fraction of sp³-hybridized carbons (Fsp3) is 0.214. The fourth-order valence-electron chi connectivity index (χ4n) is 1.95. The van der Waals surface area contributed by atoms with Crippen LogP contribution in [0, 0.1) is 6.92 Å². The molecule has 2 aromatic rings. The topological polar surface area (TPSA) is 88.6 Å². The van der Waals surface area contributed by atoms with E-state index in [-0.39, 0.29) is 12.4 Å². The van der Waals surface area contributed by atoms with Crippen molar-refractivity contribution in [2.75, 3.05) is 12.2 Å². The first-order valence-electron chi connectivity index (χ1n) is 6.40. The number of rotatable bonds is 3. The number of nitrogens with one attached hydrogen (secondary N) is 2. The van der Waals surface area contributed by atoms with Gasteiger partial charge in [-0.15, -0.1) is 0 Å². The first-order chi connectivity index (χ1) is 10.1. The minimum absolute atomic E-state index is 0.221. The van der Waals surface area contributed by atoms with Gasteiger partial charge in [0.2, 0.25) is 12.7 Å². The van der Waals surface area contributed by atoms with E-state index in [0.29, 0.717) is 17.4 Å². The van der Waals surface area contributed by atoms with E-state index in [2.05, 4.69) is 20.5 Å². The molecule has 0 amide bonds. The predicted octanol–water partition coefficient (Wildman–Crippen LogP) is 1.64. The molecule has 0 aliphatic carbocycles. The van der Waals surface area contributed by atoms with Crippen molar-refractivity contribution in [2.45, 2.75) is 13.8 Å². The lowest BCUT2D eigenvalue weighted by Gasteiger charge is -2.04. The molecule has 3 rings (SSSR count). The number of hydrogen-bond donors (Lipinski definition) is 2. The average Bonchev–Trinajstić information content (AvgIpc) is 2.91. The predicted molar refractivity (Wildman–Crippen MR) is 78.0 cm³/mol. The number of aromatic nitrogens is 2. The van der Waals surface area contributed by atoms with Crippen LogP contribution >= 0.6 is 0 Å². The van der Waals surface area contributed by atoms with E-state index in [9.17, 15) is 4.79 Å². The van der Waals surface area contributed by atoms with E-state index in [1.807, 2.05) is 25.1 Å². The van der Waals surface area contributed by atoms with Crippen molar-refractivity contribution in [3.8, 4) is 11.5 Å². The molecule has 7 heteroatoms. The van der Waals surface area contributed by atoms with Crippen LogP contribution in [0.3, 0.4) is 0 Å². The highest BCUT2D eigenvalue weighted by Gasteiger charge is 2.14. The molecule has 0 spiro atoms. The Kier molecular flexibility index (Phi) is 3.31. The van der Waals surface area contributed by atoms with Crippen LogP contribution in [-0.4, -0.2) is 22.5 Å². The van der Waals surface area contributed by atoms with Gasteiger partial charge in [-0.05, 0) is 32.0 Å². The summed E-state index contributed by atoms with van der Waals surface area (Å²) in [5, 5.41) is 4.21. The van der Waals surface area contributed by atoms with Gasteiger partial charge in [-0.3, -0.25) is 9.78 Å². The molecule has 0 fully saturated rings. The Bertz CT molecular complexity index is 767. The Morgan fingerprint density at radius 3 is 2.95 bits per heavy atom. The monoisotopic (exact) mass is 286 g/mol. The summed E-state index contributed by atoms with van der Waals surface area (Å²) in [5.41, 5.74) is 4.77. The third-order valence-electron chi connectivity index (χ3n) is 2.99. The van der Waals surface area contributed by atoms with Gasteiger partial charge in [-0.1, -0.05) is 0 Å². The molecule has 0 unspecified atom stereocenters. The molecule has 1 aromatic heterocycles. The van der Waals surface area contributed by atoms with Gasteiger partial charge in [-0.25, -0.2) is 10.4 Å². The standard InChI is InChI=1S/C14H14N4O3/c1-8-5-13(19)16-14(15-8)18-17-9(2)10-3-4-11-12(6-10)21-7-20-11/h3-6H,7H2,1-2H3,(H2,15,16,18,19)/b17-9-. The third-order valence-corrected chi connectivity index (χ3v) is 2.99. The highest BCUT2D eigenvalue weighted by molar-refractivity contribution is 5.99. The van der Waals surface area contributed by atoms with Crippen molar-refractivity contribution >= 4 is 11.7 Å². The van der Waals surface area contributed by atoms with Crippen molar-refractivity contribution in [2.24, 2.45) is 5.10 Å². The zero-order valence-corrected chi connectivity index (χ0v) is 11.6. The zero-order valence-electron chi connectivity index (χ0n) is 11.6. The number of nitrogens with zero attached hydrogens (tertiary/aromatic N) is 2. The van der Waals surface area contributed by atoms with Gasteiger partial charge in [0.25, 0.3) is 5.56 Å². The van der Waals surface area contributed by atoms with Gasteiger partial charge in [0.1, 0.15) is 0 Å². The second kappa shape index (κ2) is 5.28. The summed E-state index contributed by atoms with van der Waals surface area (Å²) < 4.78 is 10.6. The molecule has 0 radical (unpaired) electrons. The number of aromatic amines is 1. The van der Waals surface area contributed by atoms with Crippen molar-refractivity contribution in [3.63, 3.8) is 0 Å². The van der Waals surface area contributed by atoms with Gasteiger partial charge < -0.3 is 9.47 Å². The normalized spacial score (nSPS) is 13.3. The van der Waals surface area contributed by atoms with Crippen LogP contribution in [0.4, 0.5) is 5.95 Å². The highest BCUT2D eigenvalue weighted by atomic mass is 16.7. The largest absolute Gasteiger partial charge is 0.454 e. The first-order valence-corrected chi connectivity index (χ1v) is 6.40. The SMILES string of the molecule is C/C(=N/Nc1nc(C)cc(=O)[nH]1)c1ccc2c(c1)OCO2. The molecule has 0 bridgehead atoms. The van der Waals surface area contributed by atoms with E-state index in [4.69, 9.17) is 9.47 Å². The lowest BCUT2D eigenvalue weighted by Crippen LogP contribution is -2.11. The zero-order chi connectivity index (χ0) is 14.8. The number of ether oxygens (including phenoxy) is 2. The van der Waals surface area contributed by atoms with Gasteiger partial charge in [0.15, 0.2) is 11.5 Å². The molecule has 1 aliphatic rings. The number of fused-ring (bicyclic) bond motifs is 1. The molecule has 7 nitrogen and oxygen atoms in total. The molecular weight excluding hydrogens is 272 g/mol. The van der Waals surface area contributed by atoms with E-state index in [1.54, 1.807) is 6.92 Å². The van der Waals surface area contributed by atoms with Crippen molar-refractivity contribution in [1.29, 1.82) is 0 Å². The number of anilines is 1. The van der Waals surface area contributed by atoms with Crippen LogP contribution < -0.4 is 20.5 Å². The number of H-pyrrole nitrogens is 1. The molecule has 2 heterocycles. The number of benzene rings is 1. The summed E-state index contributed by atoms with van der Waals surface area (Å²) in [7, 11) is 0. The van der Waals surface area contributed by atoms with E-state index in [0.717, 1.165) is 17.0 Å². The van der Waals surface area contributed by atoms with Crippen molar-refractivity contribution in [1.82, 2.24) is 9.97 Å². The van der Waals surface area contributed by atoms with Crippen LogP contribution in [0.2, 0.25) is 0 Å². The fourth-order valence-corrected chi connectivity index (χ4v) is 1.95. The summed E-state index contributed by atoms with van der Waals surface area (Å²) in [6, 6.07) is 7.00. The maximum Gasteiger partial charge on any atom is 0.252 e. The van der Waals surface area contributed by atoms with Crippen LogP contribution in [0.15, 0.2) is 34.2 Å². The summed E-state index contributed by atoms with van der Waals surface area (Å²) in [6.07, 6.45) is 0. The molecule has 1 aliphatic heterocycles. The Morgan fingerprint density at radius 2 is 2.14 bits per heavy atom. The Hall–Kier alpha value is -2.83. The van der Waals surface area contributed by atoms with Crippen molar-refractivity contribution < 1.29 is 9.47 Å². The molecular formula is C14H14N4O3. The number of aryl methyl sites for hydroxylation is 1. The molecule has 0 atom stereocenters. The maximum atomic E-state index is 11.3. The molecule has 2 N–H and O–H groups in total. The van der Waals surface area contributed by atoms with Crippen LogP contribution in [0.25, 0.3) is 0 Å². The Labute approximate surface area is 120 Å². The van der Waals surface area contributed by atoms with E-state index < -0.39 is 0 Å². The third kappa shape index (κ3) is 2.86. The Balaban J connectivity index is 1.81. The highest BCUT2D eigenvalue weighted by Crippen LogP contribution is 2.32. The minimum atomic E-state index is -0.221. The number of hydrazone groups is 1. The lowest BCUT2D eigenvalue weighted by molar-refractivity contribution is 0.174. The van der Waals surface area contributed by atoms with Crippen LogP contribution in [0.1, 0.15) is 18.2 Å². The summed E-state index contributed by atoms with van der Waals surface area (Å²) in [4.78, 5) is 18.0.